The third-order valence-electron chi connectivity index (χ3n) is 4.69. The minimum Gasteiger partial charge on any atom is -0.440 e. The maximum atomic E-state index is 13.4. The molecule has 1 aliphatic rings. The molecule has 138 valence electrons. The largest absolute Gasteiger partial charge is 0.440 e. The van der Waals surface area contributed by atoms with Gasteiger partial charge >= 0.3 is 6.18 Å². The van der Waals surface area contributed by atoms with E-state index in [1.54, 1.807) is 13.2 Å². The van der Waals surface area contributed by atoms with Gasteiger partial charge in [-0.3, -0.25) is 0 Å². The van der Waals surface area contributed by atoms with Crippen LogP contribution < -0.4 is 5.32 Å². The van der Waals surface area contributed by atoms with Crippen LogP contribution in [0.15, 0.2) is 16.5 Å². The third kappa shape index (κ3) is 3.82. The highest BCUT2D eigenvalue weighted by atomic mass is 19.4. The average Bonchev–Trinajstić information content (AvgIpc) is 3.17. The minimum absolute atomic E-state index is 0.0731. The number of halogens is 3. The zero-order valence-corrected chi connectivity index (χ0v) is 14.6. The molecule has 1 saturated carbocycles. The summed E-state index contributed by atoms with van der Waals surface area (Å²) in [7, 11) is 1.67. The zero-order valence-electron chi connectivity index (χ0n) is 14.6. The number of nitrogens with one attached hydrogen (secondary N) is 1. The molecule has 0 aliphatic heterocycles. The van der Waals surface area contributed by atoms with Crippen LogP contribution in [0.1, 0.15) is 56.0 Å². The molecule has 3 rings (SSSR count). The Labute approximate surface area is 144 Å². The molecule has 0 saturated heterocycles. The summed E-state index contributed by atoms with van der Waals surface area (Å²) in [6.07, 6.45) is -1.37. The number of hydrogen-bond acceptors (Lipinski definition) is 4. The zero-order chi connectivity index (χ0) is 18.2. The first kappa shape index (κ1) is 18.2. The van der Waals surface area contributed by atoms with E-state index in [0.717, 1.165) is 25.3 Å². The number of aromatic nitrogens is 1. The number of nitrogens with zero attached hydrogens (tertiary/aromatic N) is 1. The summed E-state index contributed by atoms with van der Waals surface area (Å²) in [6, 6.07) is 2.99. The van der Waals surface area contributed by atoms with Crippen LogP contribution in [0, 0.1) is 0 Å². The maximum Gasteiger partial charge on any atom is 0.420 e. The Bertz CT molecular complexity index is 740. The van der Waals surface area contributed by atoms with Crippen molar-refractivity contribution in [3.8, 4) is 0 Å². The van der Waals surface area contributed by atoms with Gasteiger partial charge in [0.25, 0.3) is 0 Å². The predicted octanol–water partition coefficient (Wildman–Crippen LogP) is 4.63. The number of methoxy groups -OCH3 is 1. The summed E-state index contributed by atoms with van der Waals surface area (Å²) in [5.74, 6) is 0.247. The summed E-state index contributed by atoms with van der Waals surface area (Å²) >= 11 is 0. The second-order valence-electron chi connectivity index (χ2n) is 6.89. The molecule has 0 amide bonds. The lowest BCUT2D eigenvalue weighted by molar-refractivity contribution is -0.136. The summed E-state index contributed by atoms with van der Waals surface area (Å²) in [5, 5.41) is 3.32. The first-order valence-electron chi connectivity index (χ1n) is 8.56. The lowest BCUT2D eigenvalue weighted by Gasteiger charge is -2.20. The average molecular weight is 356 g/mol. The molecular weight excluding hydrogens is 333 g/mol. The van der Waals surface area contributed by atoms with E-state index in [0.29, 0.717) is 18.0 Å². The van der Waals surface area contributed by atoms with Gasteiger partial charge in [0.2, 0.25) is 0 Å². The Kier molecular flexibility index (Phi) is 5.06. The van der Waals surface area contributed by atoms with Crippen LogP contribution in [0.25, 0.3) is 11.1 Å². The van der Waals surface area contributed by atoms with Gasteiger partial charge in [0.1, 0.15) is 11.1 Å². The molecule has 1 aromatic heterocycles. The number of fused-ring (bicyclic) bond motifs is 1. The van der Waals surface area contributed by atoms with Gasteiger partial charge in [0, 0.05) is 25.6 Å². The van der Waals surface area contributed by atoms with E-state index < -0.39 is 11.7 Å². The van der Waals surface area contributed by atoms with Crippen LogP contribution in [-0.4, -0.2) is 24.2 Å². The summed E-state index contributed by atoms with van der Waals surface area (Å²) < 4.78 is 51.1. The first-order chi connectivity index (χ1) is 11.8. The van der Waals surface area contributed by atoms with Crippen molar-refractivity contribution in [3.63, 3.8) is 0 Å². The molecule has 0 bridgehead atoms. The maximum absolute atomic E-state index is 13.4. The molecule has 0 spiro atoms. The molecule has 0 unspecified atom stereocenters. The van der Waals surface area contributed by atoms with Gasteiger partial charge in [-0.2, -0.15) is 13.2 Å². The standard InChI is InChI=1S/C18H23F3N2O2/c1-10(2)17-23-14-8-11(7-12(16(14)25-17)18(19,20)21)9-22-13-5-4-6-15(13)24-3/h7-8,10,13,15,22H,4-6,9H2,1-3H3/t13-,15+/m1/s1. The molecule has 2 aromatic rings. The van der Waals surface area contributed by atoms with Gasteiger partial charge < -0.3 is 14.5 Å². The normalized spacial score (nSPS) is 21.6. The van der Waals surface area contributed by atoms with Crippen LogP contribution >= 0.6 is 0 Å². The monoisotopic (exact) mass is 356 g/mol. The fraction of sp³-hybridized carbons (Fsp3) is 0.611. The quantitative estimate of drug-likeness (QED) is 0.849. The lowest BCUT2D eigenvalue weighted by atomic mass is 10.1. The summed E-state index contributed by atoms with van der Waals surface area (Å²) in [6.45, 7) is 4.02. The fourth-order valence-electron chi connectivity index (χ4n) is 3.36. The van der Waals surface area contributed by atoms with Gasteiger partial charge in [0.05, 0.1) is 6.10 Å². The van der Waals surface area contributed by atoms with E-state index in [2.05, 4.69) is 10.3 Å². The molecule has 1 fully saturated rings. The van der Waals surface area contributed by atoms with Crippen molar-refractivity contribution in [2.45, 2.75) is 63.9 Å². The second-order valence-corrected chi connectivity index (χ2v) is 6.89. The SMILES string of the molecule is CO[C@H]1CCC[C@H]1NCc1cc(C(F)(F)F)c2oc(C(C)C)nc2c1. The van der Waals surface area contributed by atoms with Crippen molar-refractivity contribution in [2.24, 2.45) is 0 Å². The third-order valence-corrected chi connectivity index (χ3v) is 4.69. The number of rotatable bonds is 5. The predicted molar refractivity (Wildman–Crippen MR) is 88.4 cm³/mol. The Morgan fingerprint density at radius 1 is 1.32 bits per heavy atom. The van der Waals surface area contributed by atoms with Crippen molar-refractivity contribution in [1.29, 1.82) is 0 Å². The van der Waals surface area contributed by atoms with Crippen molar-refractivity contribution in [1.82, 2.24) is 10.3 Å². The Balaban J connectivity index is 1.90. The highest BCUT2D eigenvalue weighted by Crippen LogP contribution is 2.37. The van der Waals surface area contributed by atoms with Crippen molar-refractivity contribution in [2.75, 3.05) is 7.11 Å². The van der Waals surface area contributed by atoms with E-state index in [9.17, 15) is 13.2 Å². The van der Waals surface area contributed by atoms with Crippen molar-refractivity contribution < 1.29 is 22.3 Å². The van der Waals surface area contributed by atoms with Crippen LogP contribution in [-0.2, 0) is 17.5 Å². The Morgan fingerprint density at radius 3 is 2.72 bits per heavy atom. The number of oxazole rings is 1. The van der Waals surface area contributed by atoms with Crippen LogP contribution in [0.2, 0.25) is 0 Å². The lowest BCUT2D eigenvalue weighted by Crippen LogP contribution is -2.36. The van der Waals surface area contributed by atoms with E-state index in [1.165, 1.54) is 0 Å². The number of alkyl halides is 3. The van der Waals surface area contributed by atoms with Gasteiger partial charge in [-0.25, -0.2) is 4.98 Å². The van der Waals surface area contributed by atoms with Gasteiger partial charge in [-0.15, -0.1) is 0 Å². The molecule has 1 heterocycles. The topological polar surface area (TPSA) is 47.3 Å². The van der Waals surface area contributed by atoms with Gasteiger partial charge in [-0.05, 0) is 37.0 Å². The molecule has 1 aromatic carbocycles. The number of benzene rings is 1. The van der Waals surface area contributed by atoms with E-state index >= 15 is 0 Å². The van der Waals surface area contributed by atoms with E-state index in [4.69, 9.17) is 9.15 Å². The minimum atomic E-state index is -4.48. The van der Waals surface area contributed by atoms with Crippen molar-refractivity contribution >= 4 is 11.1 Å². The smallest absolute Gasteiger partial charge is 0.420 e. The highest BCUT2D eigenvalue weighted by Gasteiger charge is 2.36. The van der Waals surface area contributed by atoms with E-state index in [1.807, 2.05) is 13.8 Å². The molecule has 7 heteroatoms. The van der Waals surface area contributed by atoms with Crippen LogP contribution in [0.4, 0.5) is 13.2 Å². The first-order valence-corrected chi connectivity index (χ1v) is 8.56. The van der Waals surface area contributed by atoms with Crippen molar-refractivity contribution in [3.05, 3.63) is 29.2 Å². The van der Waals surface area contributed by atoms with Gasteiger partial charge in [-0.1, -0.05) is 13.8 Å². The molecule has 1 aliphatic carbocycles. The van der Waals surface area contributed by atoms with E-state index in [-0.39, 0.29) is 29.2 Å². The second kappa shape index (κ2) is 6.96. The van der Waals surface area contributed by atoms with Crippen LogP contribution in [0.3, 0.4) is 0 Å². The molecular formula is C18H23F3N2O2. The molecule has 2 atom stereocenters. The fourth-order valence-corrected chi connectivity index (χ4v) is 3.36. The van der Waals surface area contributed by atoms with Crippen LogP contribution in [0.5, 0.6) is 0 Å². The number of ether oxygens (including phenoxy) is 1. The molecule has 25 heavy (non-hydrogen) atoms. The molecule has 0 radical (unpaired) electrons. The number of hydrogen-bond donors (Lipinski definition) is 1. The summed E-state index contributed by atoms with van der Waals surface area (Å²) in [5.41, 5.74) is -0.151. The summed E-state index contributed by atoms with van der Waals surface area (Å²) in [4.78, 5) is 4.24. The highest BCUT2D eigenvalue weighted by molar-refractivity contribution is 5.78. The molecule has 4 nitrogen and oxygen atoms in total. The Hall–Kier alpha value is -1.60. The molecule has 1 N–H and O–H groups in total. The van der Waals surface area contributed by atoms with Gasteiger partial charge in [0.15, 0.2) is 11.5 Å². The Morgan fingerprint density at radius 2 is 2.08 bits per heavy atom.